The molecule has 2 nitrogen and oxygen atoms in total. The molecule has 2 aromatic rings. The lowest BCUT2D eigenvalue weighted by Gasteiger charge is -2.14. The van der Waals surface area contributed by atoms with Crippen LogP contribution in [0.2, 0.25) is 0 Å². The van der Waals surface area contributed by atoms with E-state index in [4.69, 9.17) is 5.11 Å². The molecule has 120 valence electrons. The highest BCUT2D eigenvalue weighted by Gasteiger charge is 2.10. The predicted octanol–water partition coefficient (Wildman–Crippen LogP) is 5.18. The topological polar surface area (TPSA) is 40.5 Å². The Morgan fingerprint density at radius 3 is 1.77 bits per heavy atom. The van der Waals surface area contributed by atoms with E-state index in [-0.39, 0.29) is 0 Å². The highest BCUT2D eigenvalue weighted by molar-refractivity contribution is 5.39. The molecule has 0 atom stereocenters. The molecule has 2 aromatic carbocycles. The number of para-hydroxylation sites is 1. The van der Waals surface area contributed by atoms with Gasteiger partial charge in [-0.2, -0.15) is 0 Å². The van der Waals surface area contributed by atoms with Gasteiger partial charge in [0.15, 0.2) is 0 Å². The van der Waals surface area contributed by atoms with E-state index in [1.54, 1.807) is 30.3 Å². The number of aromatic hydroxyl groups is 2. The normalized spacial score (nSPS) is 10.5. The van der Waals surface area contributed by atoms with Crippen LogP contribution in [0.4, 0.5) is 0 Å². The number of phenolic OH excluding ortho intramolecular Hbond substituents is 2. The zero-order valence-electron chi connectivity index (χ0n) is 14.1. The van der Waals surface area contributed by atoms with Crippen molar-refractivity contribution < 1.29 is 10.2 Å². The van der Waals surface area contributed by atoms with E-state index < -0.39 is 0 Å². The first-order valence-corrected chi connectivity index (χ1v) is 7.93. The van der Waals surface area contributed by atoms with Crippen LogP contribution in [0, 0.1) is 11.8 Å². The summed E-state index contributed by atoms with van der Waals surface area (Å²) < 4.78 is 0. The summed E-state index contributed by atoms with van der Waals surface area (Å²) in [5.74, 6) is 2.01. The molecule has 0 saturated carbocycles. The maximum absolute atomic E-state index is 9.85. The van der Waals surface area contributed by atoms with Crippen molar-refractivity contribution in [2.24, 2.45) is 11.8 Å². The van der Waals surface area contributed by atoms with Crippen molar-refractivity contribution in [2.45, 2.75) is 40.5 Å². The molecule has 0 bridgehead atoms. The second kappa shape index (κ2) is 9.14. The minimum absolute atomic E-state index is 0.322. The Bertz CT molecular complexity index is 545. The van der Waals surface area contributed by atoms with Gasteiger partial charge in [0, 0.05) is 0 Å². The summed E-state index contributed by atoms with van der Waals surface area (Å²) in [6.45, 7) is 8.80. The molecular formula is C20H28O2. The largest absolute Gasteiger partial charge is 0.508 e. The molecule has 0 amide bonds. The third kappa shape index (κ3) is 6.66. The summed E-state index contributed by atoms with van der Waals surface area (Å²) in [5, 5.41) is 18.5. The smallest absolute Gasteiger partial charge is 0.119 e. The van der Waals surface area contributed by atoms with Gasteiger partial charge in [-0.3, -0.25) is 0 Å². The molecule has 0 radical (unpaired) electrons. The molecule has 0 aliphatic carbocycles. The second-order valence-electron chi connectivity index (χ2n) is 6.45. The van der Waals surface area contributed by atoms with Crippen LogP contribution in [0.3, 0.4) is 0 Å². The number of phenols is 2. The van der Waals surface area contributed by atoms with Gasteiger partial charge >= 0.3 is 0 Å². The van der Waals surface area contributed by atoms with Crippen molar-refractivity contribution in [1.82, 2.24) is 0 Å². The molecule has 0 spiro atoms. The van der Waals surface area contributed by atoms with Crippen molar-refractivity contribution in [1.29, 1.82) is 0 Å². The first-order valence-electron chi connectivity index (χ1n) is 7.93. The summed E-state index contributed by atoms with van der Waals surface area (Å²) in [5.41, 5.74) is 2.44. The molecule has 0 aromatic heterocycles. The Kier molecular flexibility index (Phi) is 7.51. The van der Waals surface area contributed by atoms with Crippen molar-refractivity contribution >= 4 is 0 Å². The van der Waals surface area contributed by atoms with Crippen molar-refractivity contribution in [3.8, 4) is 11.5 Å². The van der Waals surface area contributed by atoms with Gasteiger partial charge in [0.2, 0.25) is 0 Å². The van der Waals surface area contributed by atoms with Crippen LogP contribution in [0.15, 0.2) is 48.5 Å². The van der Waals surface area contributed by atoms with Crippen molar-refractivity contribution in [3.63, 3.8) is 0 Å². The molecule has 2 rings (SSSR count). The fourth-order valence-electron chi connectivity index (χ4n) is 2.32. The molecular weight excluding hydrogens is 272 g/mol. The van der Waals surface area contributed by atoms with Gasteiger partial charge in [-0.15, -0.1) is 0 Å². The Morgan fingerprint density at radius 1 is 0.727 bits per heavy atom. The standard InChI is InChI=1S/C14H22O.C6H6O/c1-10(2)8-12-6-5-7-14(15)13(12)9-11(3)4;7-6-4-2-1-3-5-6/h5-7,10-11,15H,8-9H2,1-4H3;1-5,7H. The molecule has 0 heterocycles. The minimum atomic E-state index is 0.322. The number of rotatable bonds is 4. The molecule has 2 heteroatoms. The number of benzene rings is 2. The Morgan fingerprint density at radius 2 is 1.32 bits per heavy atom. The lowest BCUT2D eigenvalue weighted by Crippen LogP contribution is -2.03. The maximum Gasteiger partial charge on any atom is 0.119 e. The highest BCUT2D eigenvalue weighted by Crippen LogP contribution is 2.26. The van der Waals surface area contributed by atoms with E-state index in [1.807, 2.05) is 12.1 Å². The van der Waals surface area contributed by atoms with E-state index >= 15 is 0 Å². The van der Waals surface area contributed by atoms with E-state index in [0.29, 0.717) is 23.3 Å². The first kappa shape index (κ1) is 18.1. The lowest BCUT2D eigenvalue weighted by atomic mass is 9.92. The molecule has 0 aliphatic heterocycles. The van der Waals surface area contributed by atoms with Gasteiger partial charge in [0.1, 0.15) is 11.5 Å². The third-order valence-electron chi connectivity index (χ3n) is 3.25. The molecule has 0 unspecified atom stereocenters. The highest BCUT2D eigenvalue weighted by atomic mass is 16.3. The summed E-state index contributed by atoms with van der Waals surface area (Å²) in [6.07, 6.45) is 2.02. The van der Waals surface area contributed by atoms with E-state index in [2.05, 4.69) is 33.8 Å². The molecule has 0 fully saturated rings. The third-order valence-corrected chi connectivity index (χ3v) is 3.25. The van der Waals surface area contributed by atoms with Gasteiger partial charge in [0.05, 0.1) is 0 Å². The summed E-state index contributed by atoms with van der Waals surface area (Å²) in [4.78, 5) is 0. The van der Waals surface area contributed by atoms with Crippen LogP contribution in [0.25, 0.3) is 0 Å². The average molecular weight is 300 g/mol. The number of hydrogen-bond acceptors (Lipinski definition) is 2. The van der Waals surface area contributed by atoms with Crippen LogP contribution >= 0.6 is 0 Å². The summed E-state index contributed by atoms with van der Waals surface area (Å²) in [6, 6.07) is 14.6. The van der Waals surface area contributed by atoms with Gasteiger partial charge < -0.3 is 10.2 Å². The molecule has 0 aliphatic rings. The summed E-state index contributed by atoms with van der Waals surface area (Å²) in [7, 11) is 0. The Labute approximate surface area is 134 Å². The van der Waals surface area contributed by atoms with E-state index in [9.17, 15) is 5.11 Å². The van der Waals surface area contributed by atoms with Gasteiger partial charge in [-0.05, 0) is 54.0 Å². The van der Waals surface area contributed by atoms with Gasteiger partial charge in [0.25, 0.3) is 0 Å². The van der Waals surface area contributed by atoms with Crippen LogP contribution in [-0.2, 0) is 12.8 Å². The van der Waals surface area contributed by atoms with Crippen LogP contribution in [-0.4, -0.2) is 10.2 Å². The molecule has 0 saturated heterocycles. The van der Waals surface area contributed by atoms with Crippen LogP contribution in [0.1, 0.15) is 38.8 Å². The minimum Gasteiger partial charge on any atom is -0.508 e. The SMILES string of the molecule is CC(C)Cc1cccc(O)c1CC(C)C.Oc1ccccc1. The van der Waals surface area contributed by atoms with Crippen molar-refractivity contribution in [2.75, 3.05) is 0 Å². The van der Waals surface area contributed by atoms with Crippen molar-refractivity contribution in [3.05, 3.63) is 59.7 Å². The van der Waals surface area contributed by atoms with E-state index in [1.165, 1.54) is 5.56 Å². The number of hydrogen-bond donors (Lipinski definition) is 2. The monoisotopic (exact) mass is 300 g/mol. The average Bonchev–Trinajstić information content (AvgIpc) is 2.43. The maximum atomic E-state index is 9.85. The first-order chi connectivity index (χ1) is 10.4. The lowest BCUT2D eigenvalue weighted by molar-refractivity contribution is 0.459. The van der Waals surface area contributed by atoms with Crippen LogP contribution in [0.5, 0.6) is 11.5 Å². The fourth-order valence-corrected chi connectivity index (χ4v) is 2.32. The second-order valence-corrected chi connectivity index (χ2v) is 6.45. The molecule has 2 N–H and O–H groups in total. The fraction of sp³-hybridized carbons (Fsp3) is 0.400. The molecule has 22 heavy (non-hydrogen) atoms. The predicted molar refractivity (Wildman–Crippen MR) is 93.3 cm³/mol. The zero-order chi connectivity index (χ0) is 16.5. The summed E-state index contributed by atoms with van der Waals surface area (Å²) >= 11 is 0. The Balaban J connectivity index is 0.000000287. The Hall–Kier alpha value is -1.96. The van der Waals surface area contributed by atoms with E-state index in [0.717, 1.165) is 18.4 Å². The van der Waals surface area contributed by atoms with Gasteiger partial charge in [-0.1, -0.05) is 58.0 Å². The van der Waals surface area contributed by atoms with Crippen LogP contribution < -0.4 is 0 Å². The quantitative estimate of drug-likeness (QED) is 0.816. The zero-order valence-corrected chi connectivity index (χ0v) is 14.1. The van der Waals surface area contributed by atoms with Gasteiger partial charge in [-0.25, -0.2) is 0 Å².